The fourth-order valence-electron chi connectivity index (χ4n) is 3.86. The van der Waals surface area contributed by atoms with E-state index in [1.54, 1.807) is 9.58 Å². The van der Waals surface area contributed by atoms with Crippen molar-refractivity contribution in [2.24, 2.45) is 0 Å². The van der Waals surface area contributed by atoms with Gasteiger partial charge in [-0.25, -0.2) is 4.90 Å². The van der Waals surface area contributed by atoms with E-state index in [-0.39, 0.29) is 11.5 Å². The number of benzene rings is 2. The molecule has 30 heavy (non-hydrogen) atoms. The first-order chi connectivity index (χ1) is 14.5. The molecule has 2 heterocycles. The Hall–Kier alpha value is -3.13. The summed E-state index contributed by atoms with van der Waals surface area (Å²) in [6.07, 6.45) is 1.26. The molecule has 3 aromatic rings. The van der Waals surface area contributed by atoms with Crippen LogP contribution in [0.25, 0.3) is 11.3 Å². The Morgan fingerprint density at radius 1 is 1.30 bits per heavy atom. The first-order valence-corrected chi connectivity index (χ1v) is 10.9. The predicted molar refractivity (Wildman–Crippen MR) is 116 cm³/mol. The van der Waals surface area contributed by atoms with Crippen molar-refractivity contribution in [1.29, 1.82) is 0 Å². The van der Waals surface area contributed by atoms with Crippen LogP contribution in [0.5, 0.6) is 5.75 Å². The molecule has 2 aromatic carbocycles. The van der Waals surface area contributed by atoms with Crippen molar-refractivity contribution in [3.63, 3.8) is 0 Å². The van der Waals surface area contributed by atoms with Crippen molar-refractivity contribution in [2.45, 2.75) is 32.1 Å². The number of aromatic nitrogens is 3. The smallest absolute Gasteiger partial charge is 0.325 e. The van der Waals surface area contributed by atoms with Gasteiger partial charge in [-0.1, -0.05) is 23.9 Å². The molecule has 7 nitrogen and oxygen atoms in total. The van der Waals surface area contributed by atoms with Crippen molar-refractivity contribution in [3.8, 4) is 17.0 Å². The van der Waals surface area contributed by atoms with Crippen LogP contribution in [-0.4, -0.2) is 28.9 Å². The molecule has 0 fully saturated rings. The molecular weight excluding hydrogens is 400 g/mol. The number of amides is 1. The summed E-state index contributed by atoms with van der Waals surface area (Å²) < 4.78 is 7.33. The van der Waals surface area contributed by atoms with E-state index < -0.39 is 6.17 Å². The minimum absolute atomic E-state index is 0.134. The highest BCUT2D eigenvalue weighted by Gasteiger charge is 2.44. The first kappa shape index (κ1) is 20.2. The number of carbonyl (C=O) groups is 1. The summed E-state index contributed by atoms with van der Waals surface area (Å²) in [7, 11) is 0. The number of aromatic amines is 1. The molecule has 1 amide bonds. The van der Waals surface area contributed by atoms with Gasteiger partial charge in [0.2, 0.25) is 11.1 Å². The van der Waals surface area contributed by atoms with E-state index in [0.29, 0.717) is 28.7 Å². The van der Waals surface area contributed by atoms with Gasteiger partial charge in [-0.15, -0.1) is 0 Å². The Morgan fingerprint density at radius 2 is 2.07 bits per heavy atom. The molecule has 8 heteroatoms. The largest absolute Gasteiger partial charge is 0.494 e. The minimum atomic E-state index is -0.588. The number of para-hydroxylation sites is 1. The van der Waals surface area contributed by atoms with Crippen LogP contribution >= 0.6 is 11.8 Å². The number of carbonyl (C=O) groups excluding carboxylic acids is 1. The molecule has 4 rings (SSSR count). The summed E-state index contributed by atoms with van der Waals surface area (Å²) in [6.45, 7) is 6.00. The van der Waals surface area contributed by atoms with Crippen LogP contribution in [-0.2, 0) is 4.79 Å². The third kappa shape index (κ3) is 3.27. The van der Waals surface area contributed by atoms with Crippen molar-refractivity contribution in [3.05, 3.63) is 63.9 Å². The average Bonchev–Trinajstić information content (AvgIpc) is 2.73. The van der Waals surface area contributed by atoms with E-state index in [1.165, 1.54) is 18.7 Å². The monoisotopic (exact) mass is 423 g/mol. The summed E-state index contributed by atoms with van der Waals surface area (Å²) in [5.41, 5.74) is 3.35. The molecule has 0 unspecified atom stereocenters. The van der Waals surface area contributed by atoms with Gasteiger partial charge in [-0.05, 0) is 60.7 Å². The lowest BCUT2D eigenvalue weighted by Gasteiger charge is -2.31. The molecular formula is C22H23N4O3S+. The van der Waals surface area contributed by atoms with Crippen molar-refractivity contribution in [1.82, 2.24) is 10.1 Å². The van der Waals surface area contributed by atoms with E-state index in [4.69, 9.17) is 4.74 Å². The second-order valence-corrected chi connectivity index (χ2v) is 7.79. The van der Waals surface area contributed by atoms with Gasteiger partial charge in [0.15, 0.2) is 0 Å². The van der Waals surface area contributed by atoms with Crippen LogP contribution in [0.15, 0.2) is 52.4 Å². The summed E-state index contributed by atoms with van der Waals surface area (Å²) in [5, 5.41) is 5.15. The van der Waals surface area contributed by atoms with Gasteiger partial charge in [-0.2, -0.15) is 0 Å². The number of aryl methyl sites for hydroxylation is 1. The van der Waals surface area contributed by atoms with E-state index in [0.717, 1.165) is 16.9 Å². The van der Waals surface area contributed by atoms with Gasteiger partial charge in [0.1, 0.15) is 5.75 Å². The standard InChI is InChI=1S/C22H22N4O3S/c1-5-29-18-11-10-15(12-13(18)2)21-25(14(3)27)17-9-7-6-8-16(17)19-20(28)23-22(30-4)24-26(19)21/h6-12,21H,5H2,1-4H3/p+1/t21-/m1/s1. The van der Waals surface area contributed by atoms with Crippen LogP contribution in [0.1, 0.15) is 31.1 Å². The summed E-state index contributed by atoms with van der Waals surface area (Å²) >= 11 is 1.35. The molecule has 0 aliphatic carbocycles. The number of hydrogen-bond acceptors (Lipinski definition) is 5. The number of hydrogen-bond donors (Lipinski definition) is 1. The predicted octanol–water partition coefficient (Wildman–Crippen LogP) is 3.07. The summed E-state index contributed by atoms with van der Waals surface area (Å²) in [4.78, 5) is 30.4. The molecule has 1 atom stereocenters. The number of fused-ring (bicyclic) bond motifs is 3. The molecule has 1 N–H and O–H groups in total. The maximum atomic E-state index is 13.0. The Kier molecular flexibility index (Phi) is 5.34. The van der Waals surface area contributed by atoms with Crippen LogP contribution in [0.2, 0.25) is 0 Å². The maximum absolute atomic E-state index is 13.0. The highest BCUT2D eigenvalue weighted by molar-refractivity contribution is 7.98. The lowest BCUT2D eigenvalue weighted by atomic mass is 10.0. The first-order valence-electron chi connectivity index (χ1n) is 9.69. The van der Waals surface area contributed by atoms with Gasteiger partial charge in [0.05, 0.1) is 17.9 Å². The molecule has 0 bridgehead atoms. The fraction of sp³-hybridized carbons (Fsp3) is 0.273. The normalized spacial score (nSPS) is 14.8. The Bertz CT molecular complexity index is 1190. The molecule has 1 aliphatic rings. The third-order valence-corrected chi connectivity index (χ3v) is 5.66. The zero-order valence-corrected chi connectivity index (χ0v) is 18.1. The van der Waals surface area contributed by atoms with Crippen LogP contribution in [0.4, 0.5) is 5.69 Å². The minimum Gasteiger partial charge on any atom is -0.494 e. The van der Waals surface area contributed by atoms with Gasteiger partial charge in [0.25, 0.3) is 6.17 Å². The molecule has 154 valence electrons. The fourth-order valence-corrected chi connectivity index (χ4v) is 4.22. The van der Waals surface area contributed by atoms with E-state index >= 15 is 0 Å². The highest BCUT2D eigenvalue weighted by atomic mass is 32.2. The summed E-state index contributed by atoms with van der Waals surface area (Å²) in [5.74, 6) is 0.658. The zero-order valence-electron chi connectivity index (χ0n) is 17.3. The Morgan fingerprint density at radius 3 is 2.73 bits per heavy atom. The lowest BCUT2D eigenvalue weighted by molar-refractivity contribution is -0.763. The van der Waals surface area contributed by atoms with E-state index in [2.05, 4.69) is 10.1 Å². The topological polar surface area (TPSA) is 79.2 Å². The number of H-pyrrole nitrogens is 1. The van der Waals surface area contributed by atoms with Gasteiger partial charge >= 0.3 is 11.3 Å². The quantitative estimate of drug-likeness (QED) is 0.515. The molecule has 1 aromatic heterocycles. The molecule has 0 saturated heterocycles. The van der Waals surface area contributed by atoms with E-state index in [9.17, 15) is 9.59 Å². The Balaban J connectivity index is 2.02. The molecule has 0 saturated carbocycles. The highest BCUT2D eigenvalue weighted by Crippen LogP contribution is 2.37. The van der Waals surface area contributed by atoms with Crippen LogP contribution < -0.4 is 19.9 Å². The Labute approximate surface area is 178 Å². The molecule has 0 radical (unpaired) electrons. The van der Waals surface area contributed by atoms with Gasteiger partial charge in [-0.3, -0.25) is 14.6 Å². The van der Waals surface area contributed by atoms with Crippen molar-refractivity contribution >= 4 is 23.4 Å². The van der Waals surface area contributed by atoms with Gasteiger partial charge in [0, 0.05) is 17.6 Å². The average molecular weight is 424 g/mol. The summed E-state index contributed by atoms with van der Waals surface area (Å²) in [6, 6.07) is 13.2. The van der Waals surface area contributed by atoms with Crippen LogP contribution in [0.3, 0.4) is 0 Å². The SMILES string of the molecule is CCOc1ccc([C@@H]2N(C(C)=O)c3ccccc3-c3c(=O)[nH]c(SC)n[n+]32)cc1C. The maximum Gasteiger partial charge on any atom is 0.325 e. The van der Waals surface area contributed by atoms with Crippen LogP contribution in [0, 0.1) is 6.92 Å². The number of rotatable bonds is 4. The second kappa shape index (κ2) is 7.95. The van der Waals surface area contributed by atoms with E-state index in [1.807, 2.05) is 62.6 Å². The lowest BCUT2D eigenvalue weighted by Crippen LogP contribution is -2.60. The van der Waals surface area contributed by atoms with Crippen molar-refractivity contribution < 1.29 is 14.2 Å². The zero-order chi connectivity index (χ0) is 21.4. The van der Waals surface area contributed by atoms with Gasteiger partial charge < -0.3 is 4.74 Å². The molecule has 1 aliphatic heterocycles. The number of nitrogens with zero attached hydrogens (tertiary/aromatic N) is 3. The third-order valence-electron chi connectivity index (χ3n) is 5.09. The number of nitrogens with one attached hydrogen (secondary N) is 1. The molecule has 0 spiro atoms. The number of thioether (sulfide) groups is 1. The van der Waals surface area contributed by atoms with Crippen molar-refractivity contribution in [2.75, 3.05) is 17.8 Å². The second-order valence-electron chi connectivity index (χ2n) is 6.99. The number of anilines is 1. The number of ether oxygens (including phenoxy) is 1.